The molecule has 0 saturated heterocycles. The molecule has 0 fully saturated rings. The van der Waals surface area contributed by atoms with E-state index in [4.69, 9.17) is 9.52 Å². The van der Waals surface area contributed by atoms with Crippen molar-refractivity contribution in [1.29, 1.82) is 0 Å². The van der Waals surface area contributed by atoms with Crippen LogP contribution in [0, 0.1) is 29.1 Å². The van der Waals surface area contributed by atoms with E-state index >= 15 is 0 Å². The lowest BCUT2D eigenvalue weighted by molar-refractivity contribution is 0.0694. The van der Waals surface area contributed by atoms with Gasteiger partial charge in [-0.15, -0.1) is 0 Å². The minimum atomic E-state index is -2.28. The number of furan rings is 1. The van der Waals surface area contributed by atoms with Crippen molar-refractivity contribution in [2.45, 2.75) is 6.54 Å². The van der Waals surface area contributed by atoms with Gasteiger partial charge in [0.15, 0.2) is 23.3 Å². The smallest absolute Gasteiger partial charge is 0.339 e. The normalized spacial score (nSPS) is 10.7. The molecule has 0 unspecified atom stereocenters. The fourth-order valence-corrected chi connectivity index (χ4v) is 1.60. The van der Waals surface area contributed by atoms with Crippen LogP contribution in [0.1, 0.15) is 16.1 Å². The molecule has 0 aliphatic carbocycles. The third kappa shape index (κ3) is 2.54. The highest BCUT2D eigenvalue weighted by Crippen LogP contribution is 2.27. The number of halogens is 5. The van der Waals surface area contributed by atoms with Crippen molar-refractivity contribution in [1.82, 2.24) is 0 Å². The number of carboxylic acids is 1. The number of nitrogens with one attached hydrogen (secondary N) is 1. The highest BCUT2D eigenvalue weighted by atomic mass is 19.2. The van der Waals surface area contributed by atoms with Gasteiger partial charge in [-0.2, -0.15) is 0 Å². The summed E-state index contributed by atoms with van der Waals surface area (Å²) < 4.78 is 70.2. The summed E-state index contributed by atoms with van der Waals surface area (Å²) in [4.78, 5) is 10.8. The van der Waals surface area contributed by atoms with Gasteiger partial charge in [0.05, 0.1) is 12.8 Å². The van der Waals surface area contributed by atoms with Gasteiger partial charge >= 0.3 is 5.97 Å². The highest BCUT2D eigenvalue weighted by Gasteiger charge is 2.26. The lowest BCUT2D eigenvalue weighted by Crippen LogP contribution is -2.11. The lowest BCUT2D eigenvalue weighted by Gasteiger charge is -2.10. The van der Waals surface area contributed by atoms with E-state index in [0.29, 0.717) is 0 Å². The number of rotatable bonds is 4. The summed E-state index contributed by atoms with van der Waals surface area (Å²) in [7, 11) is 0. The molecular weight excluding hydrogens is 301 g/mol. The lowest BCUT2D eigenvalue weighted by atomic mass is 10.2. The van der Waals surface area contributed by atoms with Crippen molar-refractivity contribution in [2.75, 3.05) is 5.32 Å². The summed E-state index contributed by atoms with van der Waals surface area (Å²) in [6.45, 7) is -0.576. The molecule has 0 atom stereocenters. The average Bonchev–Trinajstić information content (AvgIpc) is 2.91. The first kappa shape index (κ1) is 14.8. The van der Waals surface area contributed by atoms with Gasteiger partial charge < -0.3 is 14.8 Å². The first-order chi connectivity index (χ1) is 9.84. The molecule has 4 nitrogen and oxygen atoms in total. The number of hydrogen-bond donors (Lipinski definition) is 2. The number of aromatic carboxylic acids is 1. The summed E-state index contributed by atoms with van der Waals surface area (Å²) in [5.41, 5.74) is -1.56. The number of benzene rings is 1. The van der Waals surface area contributed by atoms with E-state index in [1.807, 2.05) is 5.32 Å². The highest BCUT2D eigenvalue weighted by molar-refractivity contribution is 5.88. The number of hydrogen-bond acceptors (Lipinski definition) is 3. The molecule has 112 valence electrons. The van der Waals surface area contributed by atoms with Crippen LogP contribution < -0.4 is 5.32 Å². The van der Waals surface area contributed by atoms with Crippen molar-refractivity contribution >= 4 is 11.7 Å². The van der Waals surface area contributed by atoms with Gasteiger partial charge in [0, 0.05) is 0 Å². The van der Waals surface area contributed by atoms with E-state index in [0.717, 1.165) is 12.3 Å². The van der Waals surface area contributed by atoms with E-state index < -0.39 is 47.3 Å². The molecule has 9 heteroatoms. The van der Waals surface area contributed by atoms with E-state index in [1.165, 1.54) is 0 Å². The second-order valence-corrected chi connectivity index (χ2v) is 3.86. The van der Waals surface area contributed by atoms with Gasteiger partial charge in [0.2, 0.25) is 5.82 Å². The third-order valence-corrected chi connectivity index (χ3v) is 2.61. The minimum Gasteiger partial charge on any atom is -0.478 e. The molecule has 21 heavy (non-hydrogen) atoms. The fraction of sp³-hybridized carbons (Fsp3) is 0.0833. The van der Waals surface area contributed by atoms with E-state index in [-0.39, 0.29) is 11.3 Å². The minimum absolute atomic E-state index is 0.230. The predicted molar refractivity (Wildman–Crippen MR) is 59.2 cm³/mol. The summed E-state index contributed by atoms with van der Waals surface area (Å²) in [6, 6.07) is 1.08. The summed E-state index contributed by atoms with van der Waals surface area (Å²) >= 11 is 0. The molecule has 2 rings (SSSR count). The quantitative estimate of drug-likeness (QED) is 0.517. The van der Waals surface area contributed by atoms with Gasteiger partial charge in [-0.1, -0.05) is 0 Å². The zero-order valence-electron chi connectivity index (χ0n) is 10.0. The van der Waals surface area contributed by atoms with Gasteiger partial charge in [-0.25, -0.2) is 26.7 Å². The molecule has 1 aromatic heterocycles. The monoisotopic (exact) mass is 307 g/mol. The second kappa shape index (κ2) is 5.43. The fourth-order valence-electron chi connectivity index (χ4n) is 1.60. The Labute approximate surface area is 113 Å². The Kier molecular flexibility index (Phi) is 3.83. The molecule has 2 aromatic rings. The van der Waals surface area contributed by atoms with E-state index in [9.17, 15) is 26.7 Å². The van der Waals surface area contributed by atoms with Crippen LogP contribution in [0.4, 0.5) is 27.6 Å². The Morgan fingerprint density at radius 1 is 1.05 bits per heavy atom. The van der Waals surface area contributed by atoms with Crippen LogP contribution in [0.2, 0.25) is 0 Å². The predicted octanol–water partition coefficient (Wildman–Crippen LogP) is 3.29. The molecule has 0 aliphatic rings. The van der Waals surface area contributed by atoms with Gasteiger partial charge in [-0.05, 0) is 6.07 Å². The van der Waals surface area contributed by atoms with Crippen LogP contribution >= 0.6 is 0 Å². The second-order valence-electron chi connectivity index (χ2n) is 3.86. The Morgan fingerprint density at radius 3 is 2.10 bits per heavy atom. The van der Waals surface area contributed by atoms with Crippen LogP contribution in [0.5, 0.6) is 0 Å². The molecule has 0 spiro atoms. The van der Waals surface area contributed by atoms with Crippen LogP contribution in [0.15, 0.2) is 16.7 Å². The summed E-state index contributed by atoms with van der Waals surface area (Å²) in [5, 5.41) is 10.7. The van der Waals surface area contributed by atoms with Crippen molar-refractivity contribution < 1.29 is 36.3 Å². The maximum atomic E-state index is 13.4. The summed E-state index contributed by atoms with van der Waals surface area (Å²) in [6.07, 6.45) is 1.01. The van der Waals surface area contributed by atoms with Crippen molar-refractivity contribution in [3.63, 3.8) is 0 Å². The van der Waals surface area contributed by atoms with E-state index in [2.05, 4.69) is 0 Å². The summed E-state index contributed by atoms with van der Waals surface area (Å²) in [5.74, 6) is -12.2. The molecular formula is C12H6F5NO3. The molecule has 2 N–H and O–H groups in total. The van der Waals surface area contributed by atoms with Crippen LogP contribution in [-0.4, -0.2) is 11.1 Å². The van der Waals surface area contributed by atoms with Crippen molar-refractivity contribution in [3.05, 3.63) is 52.7 Å². The average molecular weight is 307 g/mol. The van der Waals surface area contributed by atoms with Crippen LogP contribution in [0.25, 0.3) is 0 Å². The first-order valence-corrected chi connectivity index (χ1v) is 5.39. The Hall–Kier alpha value is -2.58. The number of carboxylic acid groups (broad SMARTS) is 1. The molecule has 1 heterocycles. The molecule has 0 radical (unpaired) electrons. The zero-order valence-corrected chi connectivity index (χ0v) is 10.0. The number of carbonyl (C=O) groups is 1. The third-order valence-electron chi connectivity index (χ3n) is 2.61. The van der Waals surface area contributed by atoms with Gasteiger partial charge in [0.25, 0.3) is 0 Å². The van der Waals surface area contributed by atoms with Crippen molar-refractivity contribution in [2.24, 2.45) is 0 Å². The molecule has 0 bridgehead atoms. The standard InChI is InChI=1S/C12H6F5NO3/c13-6-7(14)9(16)11(10(17)8(6)15)18-3-5-4(12(19)20)1-2-21-5/h1-2,18H,3H2,(H,19,20). The molecule has 0 aliphatic heterocycles. The van der Waals surface area contributed by atoms with Crippen LogP contribution in [0.3, 0.4) is 0 Å². The Morgan fingerprint density at radius 2 is 1.57 bits per heavy atom. The van der Waals surface area contributed by atoms with Crippen LogP contribution in [-0.2, 0) is 6.54 Å². The number of anilines is 1. The van der Waals surface area contributed by atoms with Gasteiger partial charge in [-0.3, -0.25) is 0 Å². The molecule has 0 amide bonds. The first-order valence-electron chi connectivity index (χ1n) is 5.39. The maximum absolute atomic E-state index is 13.4. The molecule has 1 aromatic carbocycles. The zero-order chi connectivity index (χ0) is 15.7. The maximum Gasteiger partial charge on any atom is 0.339 e. The van der Waals surface area contributed by atoms with Crippen molar-refractivity contribution in [3.8, 4) is 0 Å². The topological polar surface area (TPSA) is 62.5 Å². The van der Waals surface area contributed by atoms with Gasteiger partial charge in [0.1, 0.15) is 17.0 Å². The Balaban J connectivity index is 2.33. The van der Waals surface area contributed by atoms with E-state index in [1.54, 1.807) is 0 Å². The molecule has 0 saturated carbocycles. The Bertz CT molecular complexity index is 684. The largest absolute Gasteiger partial charge is 0.478 e. The SMILES string of the molecule is O=C(O)c1ccoc1CNc1c(F)c(F)c(F)c(F)c1F.